The maximum Gasteiger partial charge on any atom is 0.212 e. The first-order valence-electron chi connectivity index (χ1n) is 10.9. The number of ketones is 1. The Morgan fingerprint density at radius 3 is 1.24 bits per heavy atom. The van der Waals surface area contributed by atoms with Crippen molar-refractivity contribution >= 4 is 79.5 Å². The van der Waals surface area contributed by atoms with Gasteiger partial charge in [-0.2, -0.15) is 0 Å². The van der Waals surface area contributed by atoms with E-state index in [9.17, 15) is 4.79 Å². The van der Waals surface area contributed by atoms with Gasteiger partial charge < -0.3 is 10.9 Å². The molecule has 0 fully saturated rings. The highest BCUT2D eigenvalue weighted by Gasteiger charge is 2.11. The second-order valence-electron chi connectivity index (χ2n) is 7.20. The highest BCUT2D eigenvalue weighted by Crippen LogP contribution is 2.26. The van der Waals surface area contributed by atoms with E-state index in [1.165, 1.54) is 32.4 Å². The molecule has 6 heterocycles. The van der Waals surface area contributed by atoms with Crippen LogP contribution < -0.4 is 5.73 Å². The first-order valence-corrected chi connectivity index (χ1v) is 16.2. The van der Waals surface area contributed by atoms with Crippen molar-refractivity contribution in [2.75, 3.05) is 0 Å². The fourth-order valence-corrected chi connectivity index (χ4v) is 7.56. The Labute approximate surface area is 239 Å². The number of carbonyl (C=O) groups excluding carboxylic acids is 1. The van der Waals surface area contributed by atoms with Crippen molar-refractivity contribution in [3.63, 3.8) is 0 Å². The quantitative estimate of drug-likeness (QED) is 0.0870. The summed E-state index contributed by atoms with van der Waals surface area (Å²) in [5.41, 5.74) is 6.68. The number of hydrogen-bond donors (Lipinski definition) is 2. The molecule has 0 aliphatic carbocycles. The average Bonchev–Trinajstić information content (AvgIpc) is 3.80. The van der Waals surface area contributed by atoms with Crippen LogP contribution in [-0.2, 0) is 0 Å². The number of oxime groups is 1. The summed E-state index contributed by atoms with van der Waals surface area (Å²) in [6, 6.07) is 23.6. The molecule has 6 rings (SSSR count). The van der Waals surface area contributed by atoms with Gasteiger partial charge in [0.2, 0.25) is 5.78 Å². The van der Waals surface area contributed by atoms with Crippen LogP contribution in [0.2, 0.25) is 0 Å². The monoisotopic (exact) mass is 598 g/mol. The molecule has 0 aliphatic heterocycles. The predicted molar refractivity (Wildman–Crippen MR) is 163 cm³/mol. The Kier molecular flexibility index (Phi) is 10.6. The van der Waals surface area contributed by atoms with E-state index in [1.807, 2.05) is 82.2 Å². The van der Waals surface area contributed by atoms with Crippen LogP contribution in [0.1, 0.15) is 40.1 Å². The topological polar surface area (TPSA) is 75.7 Å². The molecule has 0 unspecified atom stereocenters. The van der Waals surface area contributed by atoms with Gasteiger partial charge in [0.05, 0.1) is 25.6 Å². The van der Waals surface area contributed by atoms with E-state index in [4.69, 9.17) is 10.9 Å². The Balaban J connectivity index is 0.000000130. The molecule has 10 heteroatoms. The Morgan fingerprint density at radius 1 is 0.595 bits per heavy atom. The number of nitrogens with zero attached hydrogens (tertiary/aromatic N) is 1. The van der Waals surface area contributed by atoms with Crippen molar-refractivity contribution in [2.45, 2.75) is 6.04 Å². The molecule has 3 N–H and O–H groups in total. The summed E-state index contributed by atoms with van der Waals surface area (Å²) >= 11 is 9.53. The molecule has 4 nitrogen and oxygen atoms in total. The zero-order valence-electron chi connectivity index (χ0n) is 19.3. The van der Waals surface area contributed by atoms with Crippen molar-refractivity contribution in [3.8, 4) is 0 Å². The van der Waals surface area contributed by atoms with Crippen molar-refractivity contribution in [3.05, 3.63) is 134 Å². The summed E-state index contributed by atoms with van der Waals surface area (Å²) in [5.74, 6) is 0.139. The Morgan fingerprint density at radius 2 is 0.946 bits per heavy atom. The number of hydrogen-bond acceptors (Lipinski definition) is 10. The van der Waals surface area contributed by atoms with E-state index < -0.39 is 0 Å². The summed E-state index contributed by atoms with van der Waals surface area (Å²) in [5, 5.41) is 24.1. The molecule has 6 aromatic heterocycles. The summed E-state index contributed by atoms with van der Waals surface area (Å²) in [4.78, 5) is 17.7. The second-order valence-corrected chi connectivity index (χ2v) is 12.9. The van der Waals surface area contributed by atoms with Gasteiger partial charge in [-0.15, -0.1) is 68.0 Å². The lowest BCUT2D eigenvalue weighted by atomic mass is 10.2. The first kappa shape index (κ1) is 27.3. The molecule has 0 aliphatic rings. The van der Waals surface area contributed by atoms with Crippen LogP contribution in [-0.4, -0.2) is 16.7 Å². The summed E-state index contributed by atoms with van der Waals surface area (Å²) in [7, 11) is 0. The fourth-order valence-electron chi connectivity index (χ4n) is 3.06. The fraction of sp³-hybridized carbons (Fsp3) is 0.0370. The minimum Gasteiger partial charge on any atom is -0.410 e. The van der Waals surface area contributed by atoms with Crippen LogP contribution in [0.4, 0.5) is 0 Å². The molecule has 37 heavy (non-hydrogen) atoms. The summed E-state index contributed by atoms with van der Waals surface area (Å²) in [6.45, 7) is 0. The normalized spacial score (nSPS) is 10.2. The molecule has 0 saturated carbocycles. The smallest absolute Gasteiger partial charge is 0.212 e. The largest absolute Gasteiger partial charge is 0.410 e. The molecule has 0 atom stereocenters. The highest BCUT2D eigenvalue weighted by molar-refractivity contribution is 7.16. The number of carbonyl (C=O) groups is 1. The van der Waals surface area contributed by atoms with E-state index >= 15 is 0 Å². The van der Waals surface area contributed by atoms with Crippen LogP contribution in [0, 0.1) is 0 Å². The molecule has 0 aromatic carbocycles. The molecular formula is C27H22N2O2S6. The van der Waals surface area contributed by atoms with E-state index in [0.717, 1.165) is 19.5 Å². The lowest BCUT2D eigenvalue weighted by Gasteiger charge is -2.05. The predicted octanol–water partition coefficient (Wildman–Crippen LogP) is 8.93. The third kappa shape index (κ3) is 7.65. The van der Waals surface area contributed by atoms with Crippen LogP contribution in [0.3, 0.4) is 0 Å². The lowest BCUT2D eigenvalue weighted by molar-refractivity contribution is 0.104. The zero-order chi connectivity index (χ0) is 25.9. The van der Waals surface area contributed by atoms with Gasteiger partial charge in [-0.3, -0.25) is 4.79 Å². The van der Waals surface area contributed by atoms with Gasteiger partial charge in [-0.25, -0.2) is 0 Å². The van der Waals surface area contributed by atoms with Crippen LogP contribution >= 0.6 is 68.0 Å². The highest BCUT2D eigenvalue weighted by atomic mass is 32.1. The maximum absolute atomic E-state index is 11.6. The van der Waals surface area contributed by atoms with Crippen molar-refractivity contribution in [1.29, 1.82) is 0 Å². The zero-order valence-corrected chi connectivity index (χ0v) is 24.2. The van der Waals surface area contributed by atoms with Gasteiger partial charge in [0.15, 0.2) is 0 Å². The van der Waals surface area contributed by atoms with E-state index in [1.54, 1.807) is 45.3 Å². The molecule has 188 valence electrons. The van der Waals surface area contributed by atoms with Gasteiger partial charge in [0, 0.05) is 9.75 Å². The first-order chi connectivity index (χ1) is 18.2. The van der Waals surface area contributed by atoms with Crippen LogP contribution in [0.15, 0.2) is 110 Å². The number of rotatable bonds is 6. The second kappa shape index (κ2) is 14.3. The van der Waals surface area contributed by atoms with Crippen LogP contribution in [0.5, 0.6) is 0 Å². The van der Waals surface area contributed by atoms with E-state index in [-0.39, 0.29) is 11.8 Å². The van der Waals surface area contributed by atoms with Crippen LogP contribution in [0.25, 0.3) is 0 Å². The van der Waals surface area contributed by atoms with Gasteiger partial charge in [-0.1, -0.05) is 41.6 Å². The number of nitrogens with two attached hydrogens (primary N) is 1. The maximum atomic E-state index is 11.6. The standard InChI is InChI=1S/C9H7NOS2.C9H9NS2.C9H6OS2/c11-10-9(7-3-1-5-12-7)8-4-2-6-13-8;2*10-9(7-3-1-5-11-7)8-4-2-6-12-8/h1-6,11H;1-6,9H,10H2;1-6H. The molecule has 0 bridgehead atoms. The van der Waals surface area contributed by atoms with E-state index in [0.29, 0.717) is 5.71 Å². The third-order valence-corrected chi connectivity index (χ3v) is 10.2. The Hall–Kier alpha value is -2.70. The molecule has 0 spiro atoms. The molecule has 0 radical (unpaired) electrons. The SMILES string of the molecule is NC(c1cccs1)c1cccs1.O=C(c1cccs1)c1cccs1.ON=C(c1cccs1)c1cccs1. The van der Waals surface area contributed by atoms with Gasteiger partial charge in [0.25, 0.3) is 0 Å². The molecule has 0 amide bonds. The van der Waals surface area contributed by atoms with Gasteiger partial charge >= 0.3 is 0 Å². The minimum atomic E-state index is 0.0741. The third-order valence-electron chi connectivity index (χ3n) is 4.80. The molecule has 6 aromatic rings. The molecular weight excluding hydrogens is 577 g/mol. The summed E-state index contributed by atoms with van der Waals surface area (Å²) in [6.07, 6.45) is 0. The van der Waals surface area contributed by atoms with E-state index in [2.05, 4.69) is 28.0 Å². The van der Waals surface area contributed by atoms with Gasteiger partial charge in [-0.05, 0) is 68.7 Å². The lowest BCUT2D eigenvalue weighted by Crippen LogP contribution is -2.07. The summed E-state index contributed by atoms with van der Waals surface area (Å²) < 4.78 is 0. The van der Waals surface area contributed by atoms with Crippen molar-refractivity contribution in [1.82, 2.24) is 0 Å². The minimum absolute atomic E-state index is 0.0741. The van der Waals surface area contributed by atoms with Crippen molar-refractivity contribution in [2.24, 2.45) is 10.9 Å². The Bertz CT molecular complexity index is 1330. The van der Waals surface area contributed by atoms with Crippen molar-refractivity contribution < 1.29 is 10.0 Å². The molecule has 0 saturated heterocycles. The van der Waals surface area contributed by atoms with Gasteiger partial charge in [0.1, 0.15) is 5.71 Å². The number of thiophene rings is 6. The average molecular weight is 599 g/mol.